The van der Waals surface area contributed by atoms with Gasteiger partial charge in [0, 0.05) is 18.9 Å². The van der Waals surface area contributed by atoms with Gasteiger partial charge in [-0.1, -0.05) is 36.4 Å². The number of benzene rings is 2. The van der Waals surface area contributed by atoms with E-state index in [0.717, 1.165) is 11.1 Å². The number of para-hydroxylation sites is 1. The zero-order chi connectivity index (χ0) is 16.8. The summed E-state index contributed by atoms with van der Waals surface area (Å²) in [6.07, 6.45) is 3.61. The third-order valence-electron chi connectivity index (χ3n) is 3.57. The Morgan fingerprint density at radius 3 is 2.54 bits per heavy atom. The lowest BCUT2D eigenvalue weighted by Gasteiger charge is -2.12. The number of anilines is 1. The molecule has 3 rings (SSSR count). The Bertz CT molecular complexity index is 817. The molecule has 2 amide bonds. The van der Waals surface area contributed by atoms with Gasteiger partial charge < -0.3 is 10.6 Å². The van der Waals surface area contributed by atoms with Crippen LogP contribution in [0.3, 0.4) is 0 Å². The molecule has 3 aromatic rings. The zero-order valence-electron chi connectivity index (χ0n) is 12.9. The van der Waals surface area contributed by atoms with Gasteiger partial charge in [-0.05, 0) is 29.3 Å². The second-order valence-electron chi connectivity index (χ2n) is 5.26. The molecule has 5 nitrogen and oxygen atoms in total. The highest BCUT2D eigenvalue weighted by Gasteiger charge is 2.08. The molecule has 0 aliphatic heterocycles. The van der Waals surface area contributed by atoms with Crippen LogP contribution in [0.1, 0.15) is 11.1 Å². The number of urea groups is 1. The summed E-state index contributed by atoms with van der Waals surface area (Å²) >= 11 is 0. The predicted molar refractivity (Wildman–Crippen MR) is 90.0 cm³/mol. The van der Waals surface area contributed by atoms with Crippen LogP contribution in [-0.4, -0.2) is 15.8 Å². The molecule has 0 bridgehead atoms. The number of nitrogens with zero attached hydrogens (tertiary/aromatic N) is 2. The number of rotatable bonds is 5. The predicted octanol–water partition coefficient (Wildman–Crippen LogP) is 3.39. The SMILES string of the molecule is O=C(NCc1ccccc1Cn1cccn1)Nc1ccccc1F. The molecule has 0 atom stereocenters. The highest BCUT2D eigenvalue weighted by Crippen LogP contribution is 2.13. The average molecular weight is 324 g/mol. The number of hydrogen-bond acceptors (Lipinski definition) is 2. The smallest absolute Gasteiger partial charge is 0.319 e. The molecule has 0 aliphatic carbocycles. The van der Waals surface area contributed by atoms with E-state index in [1.165, 1.54) is 12.1 Å². The first-order valence-electron chi connectivity index (χ1n) is 7.56. The van der Waals surface area contributed by atoms with Crippen molar-refractivity contribution in [1.29, 1.82) is 0 Å². The van der Waals surface area contributed by atoms with Gasteiger partial charge in [-0.2, -0.15) is 5.10 Å². The summed E-state index contributed by atoms with van der Waals surface area (Å²) in [5.74, 6) is -0.466. The zero-order valence-corrected chi connectivity index (χ0v) is 12.9. The molecule has 2 N–H and O–H groups in total. The second kappa shape index (κ2) is 7.41. The van der Waals surface area contributed by atoms with Crippen LogP contribution in [0.4, 0.5) is 14.9 Å². The average Bonchev–Trinajstić information content (AvgIpc) is 3.09. The van der Waals surface area contributed by atoms with E-state index < -0.39 is 11.8 Å². The summed E-state index contributed by atoms with van der Waals surface area (Å²) < 4.78 is 15.4. The van der Waals surface area contributed by atoms with Crippen LogP contribution in [0.25, 0.3) is 0 Å². The molecule has 2 aromatic carbocycles. The molecule has 0 saturated heterocycles. The van der Waals surface area contributed by atoms with Crippen molar-refractivity contribution in [2.45, 2.75) is 13.1 Å². The van der Waals surface area contributed by atoms with Gasteiger partial charge in [0.25, 0.3) is 0 Å². The van der Waals surface area contributed by atoms with Crippen molar-refractivity contribution < 1.29 is 9.18 Å². The van der Waals surface area contributed by atoms with Gasteiger partial charge in [-0.25, -0.2) is 9.18 Å². The molecule has 24 heavy (non-hydrogen) atoms. The second-order valence-corrected chi connectivity index (χ2v) is 5.26. The van der Waals surface area contributed by atoms with Gasteiger partial charge in [-0.15, -0.1) is 0 Å². The van der Waals surface area contributed by atoms with Crippen LogP contribution in [-0.2, 0) is 13.1 Å². The van der Waals surface area contributed by atoms with Crippen molar-refractivity contribution >= 4 is 11.7 Å². The molecule has 122 valence electrons. The van der Waals surface area contributed by atoms with Gasteiger partial charge in [0.2, 0.25) is 0 Å². The maximum atomic E-state index is 13.5. The number of nitrogens with one attached hydrogen (secondary N) is 2. The molecule has 0 saturated carbocycles. The summed E-state index contributed by atoms with van der Waals surface area (Å²) in [4.78, 5) is 12.0. The van der Waals surface area contributed by atoms with Gasteiger partial charge >= 0.3 is 6.03 Å². The Kier molecular flexibility index (Phi) is 4.86. The number of aromatic nitrogens is 2. The first kappa shape index (κ1) is 15.7. The minimum atomic E-state index is -0.466. The molecule has 0 spiro atoms. The summed E-state index contributed by atoms with van der Waals surface area (Å²) in [7, 11) is 0. The highest BCUT2D eigenvalue weighted by molar-refractivity contribution is 5.89. The highest BCUT2D eigenvalue weighted by atomic mass is 19.1. The summed E-state index contributed by atoms with van der Waals surface area (Å²) in [5.41, 5.74) is 2.20. The monoisotopic (exact) mass is 324 g/mol. The van der Waals surface area contributed by atoms with E-state index in [4.69, 9.17) is 0 Å². The molecular formula is C18H17FN4O. The number of carbonyl (C=O) groups is 1. The fourth-order valence-electron chi connectivity index (χ4n) is 2.36. The summed E-state index contributed by atoms with van der Waals surface area (Å²) in [5, 5.41) is 9.44. The molecule has 1 aromatic heterocycles. The van der Waals surface area contributed by atoms with Crippen molar-refractivity contribution in [2.24, 2.45) is 0 Å². The first-order chi connectivity index (χ1) is 11.7. The number of amides is 2. The van der Waals surface area contributed by atoms with Crippen LogP contribution in [0, 0.1) is 5.82 Å². The summed E-state index contributed by atoms with van der Waals surface area (Å²) in [6.45, 7) is 0.970. The number of carbonyl (C=O) groups excluding carboxylic acids is 1. The molecule has 0 radical (unpaired) electrons. The molecule has 0 aliphatic rings. The van der Waals surface area contributed by atoms with Crippen LogP contribution in [0.15, 0.2) is 67.0 Å². The van der Waals surface area contributed by atoms with Gasteiger partial charge in [0.05, 0.1) is 12.2 Å². The fourth-order valence-corrected chi connectivity index (χ4v) is 2.36. The standard InChI is InChI=1S/C18H17FN4O/c19-16-8-3-4-9-17(16)22-18(24)20-12-14-6-1-2-7-15(14)13-23-11-5-10-21-23/h1-11H,12-13H2,(H2,20,22,24). The van der Waals surface area contributed by atoms with Gasteiger partial charge in [-0.3, -0.25) is 4.68 Å². The van der Waals surface area contributed by atoms with Crippen LogP contribution in [0.5, 0.6) is 0 Å². The quantitative estimate of drug-likeness (QED) is 0.756. The molecule has 0 unspecified atom stereocenters. The van der Waals surface area contributed by atoms with E-state index in [1.807, 2.05) is 41.2 Å². The lowest BCUT2D eigenvalue weighted by atomic mass is 10.1. The van der Waals surface area contributed by atoms with Crippen LogP contribution >= 0.6 is 0 Å². The van der Waals surface area contributed by atoms with E-state index in [1.54, 1.807) is 18.3 Å². The van der Waals surface area contributed by atoms with Crippen LogP contribution < -0.4 is 10.6 Å². The molecule has 6 heteroatoms. The maximum absolute atomic E-state index is 13.5. The van der Waals surface area contributed by atoms with Crippen molar-refractivity contribution in [2.75, 3.05) is 5.32 Å². The minimum Gasteiger partial charge on any atom is -0.334 e. The third-order valence-corrected chi connectivity index (χ3v) is 3.57. The van der Waals surface area contributed by atoms with E-state index in [9.17, 15) is 9.18 Å². The Labute approximate surface area is 139 Å². The molecule has 1 heterocycles. The normalized spacial score (nSPS) is 10.4. The fraction of sp³-hybridized carbons (Fsp3) is 0.111. The van der Waals surface area contributed by atoms with Crippen LogP contribution in [0.2, 0.25) is 0 Å². The lowest BCUT2D eigenvalue weighted by Crippen LogP contribution is -2.29. The lowest BCUT2D eigenvalue weighted by molar-refractivity contribution is 0.251. The van der Waals surface area contributed by atoms with E-state index >= 15 is 0 Å². The number of halogens is 1. The Balaban J connectivity index is 1.62. The molecular weight excluding hydrogens is 307 g/mol. The van der Waals surface area contributed by atoms with Gasteiger partial charge in [0.15, 0.2) is 0 Å². The van der Waals surface area contributed by atoms with E-state index in [-0.39, 0.29) is 5.69 Å². The van der Waals surface area contributed by atoms with E-state index in [2.05, 4.69) is 15.7 Å². The van der Waals surface area contributed by atoms with E-state index in [0.29, 0.717) is 13.1 Å². The Morgan fingerprint density at radius 1 is 1.04 bits per heavy atom. The van der Waals surface area contributed by atoms with Crippen molar-refractivity contribution in [3.63, 3.8) is 0 Å². The maximum Gasteiger partial charge on any atom is 0.319 e. The Hall–Kier alpha value is -3.15. The summed E-state index contributed by atoms with van der Waals surface area (Å²) in [6, 6.07) is 15.3. The largest absolute Gasteiger partial charge is 0.334 e. The minimum absolute atomic E-state index is 0.153. The Morgan fingerprint density at radius 2 is 1.79 bits per heavy atom. The van der Waals surface area contributed by atoms with Crippen molar-refractivity contribution in [3.05, 3.63) is 83.9 Å². The molecule has 0 fully saturated rings. The topological polar surface area (TPSA) is 59.0 Å². The first-order valence-corrected chi connectivity index (χ1v) is 7.56. The van der Waals surface area contributed by atoms with Crippen molar-refractivity contribution in [3.8, 4) is 0 Å². The van der Waals surface area contributed by atoms with Gasteiger partial charge in [0.1, 0.15) is 5.82 Å². The number of hydrogen-bond donors (Lipinski definition) is 2. The van der Waals surface area contributed by atoms with Crippen molar-refractivity contribution in [1.82, 2.24) is 15.1 Å². The third kappa shape index (κ3) is 3.98.